The molecule has 0 aromatic carbocycles. The smallest absolute Gasteiger partial charge is 0.326 e. The Morgan fingerprint density at radius 1 is 0.852 bits per heavy atom. The summed E-state index contributed by atoms with van der Waals surface area (Å²) in [5.41, 5.74) is -0.842. The molecule has 5 fully saturated rings. The summed E-state index contributed by atoms with van der Waals surface area (Å²) in [6, 6.07) is -0.991. The van der Waals surface area contributed by atoms with Crippen molar-refractivity contribution in [3.8, 4) is 0 Å². The molecule has 10 heteroatoms. The number of ether oxygens (including phenoxy) is 1. The Bertz CT molecular complexity index is 1540. The average molecular weight is 755 g/mol. The molecule has 0 aromatic rings. The number of nitrogens with one attached hydrogen (secondary N) is 2. The van der Waals surface area contributed by atoms with Crippen molar-refractivity contribution in [1.29, 1.82) is 0 Å². The largest absolute Gasteiger partial charge is 0.481 e. The van der Waals surface area contributed by atoms with E-state index >= 15 is 0 Å². The topological polar surface area (TPSA) is 159 Å². The highest BCUT2D eigenvalue weighted by Gasteiger charge is 2.72. The summed E-state index contributed by atoms with van der Waals surface area (Å²) in [4.78, 5) is 64.0. The van der Waals surface area contributed by atoms with Gasteiger partial charge >= 0.3 is 17.9 Å². The van der Waals surface area contributed by atoms with Crippen molar-refractivity contribution in [2.45, 2.75) is 158 Å². The monoisotopic (exact) mass is 755 g/mol. The van der Waals surface area contributed by atoms with E-state index in [1.165, 1.54) is 0 Å². The van der Waals surface area contributed by atoms with E-state index in [1.807, 2.05) is 13.8 Å². The Kier molecular flexibility index (Phi) is 11.4. The fourth-order valence-electron chi connectivity index (χ4n) is 13.6. The Morgan fingerprint density at radius 2 is 1.52 bits per heavy atom. The van der Waals surface area contributed by atoms with E-state index in [1.54, 1.807) is 13.8 Å². The number of rotatable bonds is 12. The Morgan fingerprint density at radius 3 is 2.11 bits per heavy atom. The number of hydrogen-bond donors (Lipinski definition) is 4. The van der Waals surface area contributed by atoms with Crippen LogP contribution in [0.5, 0.6) is 0 Å². The molecule has 10 nitrogen and oxygen atoms in total. The van der Waals surface area contributed by atoms with Gasteiger partial charge in [0.1, 0.15) is 12.1 Å². The lowest BCUT2D eigenvalue weighted by Crippen LogP contribution is -2.67. The van der Waals surface area contributed by atoms with Gasteiger partial charge in [0, 0.05) is 5.41 Å². The third-order valence-corrected chi connectivity index (χ3v) is 16.6. The predicted octanol–water partition coefficient (Wildman–Crippen LogP) is 7.79. The van der Waals surface area contributed by atoms with Crippen molar-refractivity contribution >= 4 is 29.7 Å². The van der Waals surface area contributed by atoms with Crippen LogP contribution in [-0.2, 0) is 28.7 Å². The molecule has 0 aliphatic heterocycles. The number of carbonyl (C=O) groups is 5. The number of carbonyl (C=O) groups excluding carboxylic acids is 3. The quantitative estimate of drug-likeness (QED) is 0.116. The van der Waals surface area contributed by atoms with Gasteiger partial charge in [0.25, 0.3) is 0 Å². The third-order valence-electron chi connectivity index (χ3n) is 16.6. The number of esters is 1. The van der Waals surface area contributed by atoms with Crippen molar-refractivity contribution in [3.63, 3.8) is 0 Å². The first-order chi connectivity index (χ1) is 24.9. The van der Waals surface area contributed by atoms with Gasteiger partial charge in [0.05, 0.1) is 23.8 Å². The highest BCUT2D eigenvalue weighted by molar-refractivity contribution is 5.90. The van der Waals surface area contributed by atoms with E-state index in [2.05, 4.69) is 58.8 Å². The summed E-state index contributed by atoms with van der Waals surface area (Å²) in [6.07, 6.45) is 9.15. The van der Waals surface area contributed by atoms with Crippen molar-refractivity contribution in [2.24, 2.45) is 68.0 Å². The van der Waals surface area contributed by atoms with Gasteiger partial charge < -0.3 is 25.6 Å². The molecule has 5 rings (SSSR count). The van der Waals surface area contributed by atoms with Crippen LogP contribution in [0.1, 0.15) is 146 Å². The van der Waals surface area contributed by atoms with E-state index in [0.29, 0.717) is 24.2 Å². The van der Waals surface area contributed by atoms with Gasteiger partial charge in [-0.05, 0) is 143 Å². The van der Waals surface area contributed by atoms with E-state index in [4.69, 9.17) is 4.74 Å². The predicted molar refractivity (Wildman–Crippen MR) is 207 cm³/mol. The molecule has 5 saturated carbocycles. The SMILES string of the molecule is C=C(C)[C@@H]1CC[C@]2(C(=O)NCC(=O)NC(CC(C)C)C(=O)O)CC[C@]3(C)[C@H](CCC4[C@@]5(C)CC[C@H](OC(=O)CC(C)(C)C(=O)O)C(C)(C)[C@@H]5CC[C@]43C)[C@@H]12. The number of amides is 2. The van der Waals surface area contributed by atoms with Gasteiger partial charge in [0.15, 0.2) is 0 Å². The Labute approximate surface area is 323 Å². The normalized spacial score (nSPS) is 38.8. The van der Waals surface area contributed by atoms with Crippen LogP contribution in [0.3, 0.4) is 0 Å². The lowest BCUT2D eigenvalue weighted by Gasteiger charge is -2.72. The molecule has 5 aliphatic carbocycles. The second-order valence-corrected chi connectivity index (χ2v) is 20.8. The maximum atomic E-state index is 14.4. The fraction of sp³-hybridized carbons (Fsp3) is 0.841. The molecule has 0 spiro atoms. The molecule has 11 atom stereocenters. The zero-order valence-corrected chi connectivity index (χ0v) is 34.9. The summed E-state index contributed by atoms with van der Waals surface area (Å²) in [6.45, 7) is 25.3. The zero-order chi connectivity index (χ0) is 40.4. The van der Waals surface area contributed by atoms with Gasteiger partial charge in [0.2, 0.25) is 11.8 Å². The molecule has 0 aromatic heterocycles. The molecule has 2 amide bonds. The molecular weight excluding hydrogens is 684 g/mol. The minimum absolute atomic E-state index is 0.00478. The minimum atomic E-state index is -1.18. The van der Waals surface area contributed by atoms with Crippen LogP contribution < -0.4 is 10.6 Å². The highest BCUT2D eigenvalue weighted by atomic mass is 16.5. The minimum Gasteiger partial charge on any atom is -0.481 e. The zero-order valence-electron chi connectivity index (χ0n) is 34.9. The number of allylic oxidation sites excluding steroid dienone is 1. The first kappa shape index (κ1) is 42.2. The molecule has 4 N–H and O–H groups in total. The highest BCUT2D eigenvalue weighted by Crippen LogP contribution is 2.77. The standard InChI is InChI=1S/C44H70N2O8/c1-25(2)22-29(36(49)50)46-33(47)24-45-37(51)44-19-14-27(26(3)4)35(44)28-12-13-31-41(9)17-16-32(54-34(48)23-39(5,6)38(52)53)40(7,8)30(41)15-18-43(31,11)42(28,10)20-21-44/h25,27-32,35H,3,12-24H2,1-2,4-11H3,(H,45,51)(H,46,47)(H,49,50)(H,52,53)/t27-,28+,29?,30-,31?,32-,35+,41-,42+,43+,44-/m0/s1. The molecular formula is C44H70N2O8. The van der Waals surface area contributed by atoms with Crippen molar-refractivity contribution in [2.75, 3.05) is 6.54 Å². The maximum absolute atomic E-state index is 14.4. The van der Waals surface area contributed by atoms with E-state index in [-0.39, 0.29) is 64.4 Å². The molecule has 0 saturated heterocycles. The number of carboxylic acids is 2. The van der Waals surface area contributed by atoms with Crippen molar-refractivity contribution in [1.82, 2.24) is 10.6 Å². The van der Waals surface area contributed by atoms with Crippen molar-refractivity contribution in [3.05, 3.63) is 12.2 Å². The van der Waals surface area contributed by atoms with E-state index in [0.717, 1.165) is 69.8 Å². The number of carboxylic acid groups (broad SMARTS) is 2. The lowest BCUT2D eigenvalue weighted by molar-refractivity contribution is -0.249. The van der Waals surface area contributed by atoms with Gasteiger partial charge in [-0.2, -0.15) is 0 Å². The molecule has 304 valence electrons. The van der Waals surface area contributed by atoms with Crippen LogP contribution in [0.15, 0.2) is 12.2 Å². The van der Waals surface area contributed by atoms with Crippen LogP contribution >= 0.6 is 0 Å². The Hall–Kier alpha value is -2.91. The number of fused-ring (bicyclic) bond motifs is 7. The Balaban J connectivity index is 1.36. The van der Waals surface area contributed by atoms with Crippen LogP contribution in [-0.4, -0.2) is 58.6 Å². The van der Waals surface area contributed by atoms with Crippen LogP contribution in [0.2, 0.25) is 0 Å². The fourth-order valence-corrected chi connectivity index (χ4v) is 13.6. The molecule has 0 bridgehead atoms. The maximum Gasteiger partial charge on any atom is 0.326 e. The summed E-state index contributed by atoms with van der Waals surface area (Å²) in [5.74, 6) is -1.50. The van der Waals surface area contributed by atoms with E-state index in [9.17, 15) is 34.2 Å². The average Bonchev–Trinajstić information content (AvgIpc) is 3.46. The van der Waals surface area contributed by atoms with Gasteiger partial charge in [-0.3, -0.25) is 19.2 Å². The summed E-state index contributed by atoms with van der Waals surface area (Å²) < 4.78 is 6.15. The second-order valence-electron chi connectivity index (χ2n) is 20.8. The first-order valence-corrected chi connectivity index (χ1v) is 20.8. The van der Waals surface area contributed by atoms with Gasteiger partial charge in [-0.15, -0.1) is 0 Å². The first-order valence-electron chi connectivity index (χ1n) is 20.8. The number of hydrogen-bond acceptors (Lipinski definition) is 6. The molecule has 54 heavy (non-hydrogen) atoms. The third kappa shape index (κ3) is 6.92. The van der Waals surface area contributed by atoms with Crippen LogP contribution in [0.25, 0.3) is 0 Å². The summed E-state index contributed by atoms with van der Waals surface area (Å²) >= 11 is 0. The van der Waals surface area contributed by atoms with E-state index < -0.39 is 40.7 Å². The lowest BCUT2D eigenvalue weighted by atomic mass is 9.32. The molecule has 5 aliphatic rings. The molecule has 0 radical (unpaired) electrons. The molecule has 2 unspecified atom stereocenters. The van der Waals surface area contributed by atoms with Gasteiger partial charge in [-0.1, -0.05) is 60.6 Å². The summed E-state index contributed by atoms with van der Waals surface area (Å²) in [5, 5.41) is 24.9. The molecule has 0 heterocycles. The van der Waals surface area contributed by atoms with Crippen LogP contribution in [0, 0.1) is 68.0 Å². The second kappa shape index (κ2) is 14.5. The van der Waals surface area contributed by atoms with Gasteiger partial charge in [-0.25, -0.2) is 4.79 Å². The van der Waals surface area contributed by atoms with Crippen LogP contribution in [0.4, 0.5) is 0 Å². The summed E-state index contributed by atoms with van der Waals surface area (Å²) in [7, 11) is 0. The van der Waals surface area contributed by atoms with Crippen molar-refractivity contribution < 1.29 is 38.9 Å². The number of aliphatic carboxylic acids is 2.